The van der Waals surface area contributed by atoms with E-state index in [0.717, 1.165) is 35.4 Å². The number of hydrogen-bond acceptors (Lipinski definition) is 0. The Labute approximate surface area is 251 Å². The van der Waals surface area contributed by atoms with Crippen molar-refractivity contribution in [1.82, 2.24) is 0 Å². The van der Waals surface area contributed by atoms with Gasteiger partial charge in [0.1, 0.15) is 0 Å². The van der Waals surface area contributed by atoms with Crippen molar-refractivity contribution in [1.29, 1.82) is 0 Å². The molecule has 0 saturated heterocycles. The average Bonchev–Trinajstić information content (AvgIpc) is 3.73. The molecule has 0 spiro atoms. The van der Waals surface area contributed by atoms with E-state index in [2.05, 4.69) is 127 Å². The first kappa shape index (κ1) is 24.0. The van der Waals surface area contributed by atoms with E-state index in [4.69, 9.17) is 11.6 Å². The first-order valence-electron chi connectivity index (χ1n) is 14.8. The lowest BCUT2D eigenvalue weighted by atomic mass is 9.85. The molecule has 0 N–H and O–H groups in total. The van der Waals surface area contributed by atoms with E-state index in [1.807, 2.05) is 0 Å². The molecule has 0 nitrogen and oxygen atoms in total. The van der Waals surface area contributed by atoms with Crippen LogP contribution in [0.15, 0.2) is 127 Å². The van der Waals surface area contributed by atoms with Crippen molar-refractivity contribution >= 4 is 22.2 Å². The second kappa shape index (κ2) is 9.18. The summed E-state index contributed by atoms with van der Waals surface area (Å²) in [6, 6.07) is 46.6. The van der Waals surface area contributed by atoms with E-state index in [0.29, 0.717) is 0 Å². The van der Waals surface area contributed by atoms with Crippen LogP contribution in [-0.4, -0.2) is 0 Å². The van der Waals surface area contributed by atoms with Gasteiger partial charge < -0.3 is 0 Å². The van der Waals surface area contributed by atoms with Crippen LogP contribution in [0, 0.1) is 0 Å². The Balaban J connectivity index is 1.33. The Bertz CT molecular complexity index is 2030. The summed E-state index contributed by atoms with van der Waals surface area (Å²) in [4.78, 5) is 0. The van der Waals surface area contributed by atoms with Gasteiger partial charge in [-0.25, -0.2) is 0 Å². The molecule has 3 aliphatic rings. The zero-order chi connectivity index (χ0) is 27.8. The minimum atomic E-state index is 0.841. The van der Waals surface area contributed by atoms with E-state index < -0.39 is 0 Å². The molecule has 0 saturated carbocycles. The normalized spacial score (nSPS) is 13.1. The van der Waals surface area contributed by atoms with Crippen LogP contribution in [0.25, 0.3) is 44.0 Å². The van der Waals surface area contributed by atoms with Crippen molar-refractivity contribution in [2.45, 2.75) is 19.3 Å². The maximum atomic E-state index is 7.77. The molecule has 0 aliphatic heterocycles. The molecule has 6 aromatic carbocycles. The topological polar surface area (TPSA) is 0 Å². The second-order valence-electron chi connectivity index (χ2n) is 11.7. The number of benzene rings is 6. The van der Waals surface area contributed by atoms with Crippen molar-refractivity contribution < 1.29 is 0 Å². The fraction of sp³-hybridized carbons (Fsp3) is 0.0732. The summed E-state index contributed by atoms with van der Waals surface area (Å²) in [7, 11) is 0. The Morgan fingerprint density at radius 1 is 0.357 bits per heavy atom. The molecule has 0 fully saturated rings. The standard InChI is InChI=1S/C41H27Cl/c42-41(36-21-9-18-33-30-15-6-3-12-27(30)24-39(33)36)40(34-19-7-16-31-28-13-4-1-10-25(28)22-37(31)34)35-20-8-17-32-29-14-5-2-11-26(29)23-38(32)35/h1-21H,22-24H2. The average molecular weight is 555 g/mol. The molecular formula is C41H27Cl. The van der Waals surface area contributed by atoms with Crippen molar-refractivity contribution in [2.24, 2.45) is 0 Å². The fourth-order valence-corrected chi connectivity index (χ4v) is 8.04. The van der Waals surface area contributed by atoms with Gasteiger partial charge in [0.2, 0.25) is 0 Å². The maximum absolute atomic E-state index is 7.77. The Morgan fingerprint density at radius 3 is 1.12 bits per heavy atom. The summed E-state index contributed by atoms with van der Waals surface area (Å²) in [6.07, 6.45) is 2.74. The van der Waals surface area contributed by atoms with E-state index in [1.54, 1.807) is 0 Å². The van der Waals surface area contributed by atoms with Crippen molar-refractivity contribution in [2.75, 3.05) is 0 Å². The largest absolute Gasteiger partial charge is 0.0830 e. The zero-order valence-corrected chi connectivity index (χ0v) is 23.9. The van der Waals surface area contributed by atoms with Gasteiger partial charge in [-0.15, -0.1) is 0 Å². The highest BCUT2D eigenvalue weighted by molar-refractivity contribution is 6.53. The number of halogens is 1. The summed E-state index contributed by atoms with van der Waals surface area (Å²) >= 11 is 7.77. The van der Waals surface area contributed by atoms with Crippen LogP contribution in [-0.2, 0) is 19.3 Å². The molecule has 42 heavy (non-hydrogen) atoms. The second-order valence-corrected chi connectivity index (χ2v) is 12.1. The number of rotatable bonds is 3. The first-order chi connectivity index (χ1) is 20.8. The van der Waals surface area contributed by atoms with Crippen LogP contribution in [0.2, 0.25) is 0 Å². The molecule has 1 heteroatoms. The molecule has 9 rings (SSSR count). The lowest BCUT2D eigenvalue weighted by molar-refractivity contribution is 1.22. The Hall–Kier alpha value is -4.65. The third-order valence-electron chi connectivity index (χ3n) is 9.55. The van der Waals surface area contributed by atoms with Gasteiger partial charge in [-0.3, -0.25) is 0 Å². The summed E-state index contributed by atoms with van der Waals surface area (Å²) in [6.45, 7) is 0. The van der Waals surface area contributed by atoms with Gasteiger partial charge in [0.25, 0.3) is 0 Å². The molecule has 0 radical (unpaired) electrons. The van der Waals surface area contributed by atoms with Crippen LogP contribution < -0.4 is 0 Å². The van der Waals surface area contributed by atoms with Crippen LogP contribution in [0.5, 0.6) is 0 Å². The summed E-state index contributed by atoms with van der Waals surface area (Å²) in [5, 5.41) is 0.841. The predicted molar refractivity (Wildman–Crippen MR) is 176 cm³/mol. The minimum Gasteiger partial charge on any atom is -0.0830 e. The third kappa shape index (κ3) is 3.43. The number of fused-ring (bicyclic) bond motifs is 9. The molecular weight excluding hydrogens is 528 g/mol. The van der Waals surface area contributed by atoms with E-state index >= 15 is 0 Å². The van der Waals surface area contributed by atoms with Crippen molar-refractivity contribution in [3.63, 3.8) is 0 Å². The molecule has 0 amide bonds. The van der Waals surface area contributed by atoms with Crippen LogP contribution in [0.3, 0.4) is 0 Å². The lowest BCUT2D eigenvalue weighted by Crippen LogP contribution is -2.01. The van der Waals surface area contributed by atoms with E-state index in [-0.39, 0.29) is 0 Å². The monoisotopic (exact) mass is 554 g/mol. The van der Waals surface area contributed by atoms with Gasteiger partial charge in [0.05, 0.1) is 5.03 Å². The molecule has 0 unspecified atom stereocenters. The summed E-state index contributed by atoms with van der Waals surface area (Å²) < 4.78 is 0. The van der Waals surface area contributed by atoms with Gasteiger partial charge in [0.15, 0.2) is 0 Å². The number of hydrogen-bond donors (Lipinski definition) is 0. The van der Waals surface area contributed by atoms with Crippen LogP contribution in [0.4, 0.5) is 0 Å². The highest BCUT2D eigenvalue weighted by atomic mass is 35.5. The highest BCUT2D eigenvalue weighted by Gasteiger charge is 2.30. The predicted octanol–water partition coefficient (Wildman–Crippen LogP) is 10.6. The zero-order valence-electron chi connectivity index (χ0n) is 23.1. The molecule has 0 atom stereocenters. The van der Waals surface area contributed by atoms with Crippen molar-refractivity contribution in [3.8, 4) is 33.4 Å². The molecule has 0 bridgehead atoms. The van der Waals surface area contributed by atoms with Gasteiger partial charge in [0, 0.05) is 5.57 Å². The fourth-order valence-electron chi connectivity index (χ4n) is 7.66. The van der Waals surface area contributed by atoms with Gasteiger partial charge >= 0.3 is 0 Å². The first-order valence-corrected chi connectivity index (χ1v) is 15.2. The van der Waals surface area contributed by atoms with Gasteiger partial charge in [-0.2, -0.15) is 0 Å². The minimum absolute atomic E-state index is 0.841. The molecule has 198 valence electrons. The smallest absolute Gasteiger partial charge is 0.0566 e. The Kier molecular flexibility index (Phi) is 5.24. The highest BCUT2D eigenvalue weighted by Crippen LogP contribution is 2.49. The quantitative estimate of drug-likeness (QED) is 0.190. The van der Waals surface area contributed by atoms with Gasteiger partial charge in [-0.1, -0.05) is 139 Å². The van der Waals surface area contributed by atoms with E-state index in [9.17, 15) is 0 Å². The maximum Gasteiger partial charge on any atom is 0.0566 e. The molecule has 0 heterocycles. The molecule has 0 aromatic heterocycles. The third-order valence-corrected chi connectivity index (χ3v) is 9.94. The van der Waals surface area contributed by atoms with Crippen LogP contribution >= 0.6 is 11.6 Å². The Morgan fingerprint density at radius 2 is 0.690 bits per heavy atom. The summed E-state index contributed by atoms with van der Waals surface area (Å²) in [5.41, 5.74) is 20.9. The van der Waals surface area contributed by atoms with E-state index in [1.165, 1.54) is 77.9 Å². The van der Waals surface area contributed by atoms with Gasteiger partial charge in [-0.05, 0) is 103 Å². The molecule has 3 aliphatic carbocycles. The van der Waals surface area contributed by atoms with Crippen molar-refractivity contribution in [3.05, 3.63) is 177 Å². The lowest BCUT2D eigenvalue weighted by Gasteiger charge is -2.20. The van der Waals surface area contributed by atoms with Crippen LogP contribution in [0.1, 0.15) is 50.1 Å². The summed E-state index contributed by atoms with van der Waals surface area (Å²) in [5.74, 6) is 0. The SMILES string of the molecule is ClC(=C(c1cccc2c1Cc1ccccc1-2)c1cccc2c1Cc1ccccc1-2)c1cccc2c1Cc1ccccc1-2. The molecule has 6 aromatic rings.